The van der Waals surface area contributed by atoms with E-state index in [-0.39, 0.29) is 68.1 Å². The summed E-state index contributed by atoms with van der Waals surface area (Å²) in [6, 6.07) is 2.18. The molecule has 4 fully saturated rings. The highest BCUT2D eigenvalue weighted by Gasteiger charge is 2.49. The number of rotatable bonds is 34. The number of aliphatic hydroxyl groups is 10. The Morgan fingerprint density at radius 2 is 1.29 bits per heavy atom. The maximum atomic E-state index is 13.2. The number of carbonyl (C=O) groups excluding carboxylic acids is 7. The van der Waals surface area contributed by atoms with Gasteiger partial charge < -0.3 is 146 Å². The first-order chi connectivity index (χ1) is 63.6. The Kier molecular flexibility index (Phi) is 48.7. The molecule has 46 heteroatoms. The van der Waals surface area contributed by atoms with Gasteiger partial charge in [-0.1, -0.05) is 176 Å². The van der Waals surface area contributed by atoms with E-state index in [0.717, 1.165) is 18.4 Å². The number of primary amides is 1. The highest BCUT2D eigenvalue weighted by Crippen LogP contribution is 2.39. The lowest BCUT2D eigenvalue weighted by Gasteiger charge is -2.27. The van der Waals surface area contributed by atoms with Crippen LogP contribution < -0.4 is 71.1 Å². The standard InChI is InChI=1S/C24H36N4O6S2.C22H29N7O5.C18H39NO2.C15H21N5O4.C9H13N3O6.ClH/c1-6-16-21(30)28-20(14(4)5)24(33)34-15-9-7-8-10-35-36-12-17(22(31)25-16)26-23(32)19(13(2)3)27-18(29)11-15;1-28(2)19-17-20(25-10-24-19)29(11-26-17)22-18(31)16(15(9-30)34-22)27-21(32)14(23)8-12-4-6-13(33-3)7-5-12;1-2-3-4-5-6-7-8-9-10-11-12-13-14-15-18(21)17(19)16-20;1-8(2)3-4-16-13-10-14(18-6-17-13)20(7-19-10)15-12(23)11(22)9(5-21)24-15;10-9(17)4-6(15)3(11-12-4)8-7(16)5(14)2(1-13)18-8;/h6-7,9,13-15,17,19-20H,8,10-12H2,1-5H3,(H,25,31)(H,26,32)(H,27,29)(H,28,30);4-7,10-11,14-16,18,22,30-31H,8-9,23H2,1-3H3,(H,27,32);17-18,20-21H,2-16,19H2,1H3;3,6-7,9,11-12,15,21-23H,4-5H2,1-2H3,(H,16,17,18);2,5,7-8,13-16H,1H2,(H2,10,17)(H,11,12);1H/b9-7+,16-6-;;;;;/t15-,17-,19-,20+;14-,15+,16+,18+,22+;17-,18-;9-,11-,12-,15-;2-,5-,7-,8+;/m10011./s1. The van der Waals surface area contributed by atoms with Gasteiger partial charge in [-0.25, -0.2) is 34.7 Å². The van der Waals surface area contributed by atoms with Crippen LogP contribution in [-0.4, -0.2) is 310 Å². The maximum Gasteiger partial charge on any atom is 1.00 e. The normalized spacial score (nSPS) is 25.1. The zero-order chi connectivity index (χ0) is 97.7. The second kappa shape index (κ2) is 57.6. The van der Waals surface area contributed by atoms with Gasteiger partial charge in [0.25, 0.3) is 11.8 Å². The summed E-state index contributed by atoms with van der Waals surface area (Å²) >= 11 is 0. The van der Waals surface area contributed by atoms with E-state index in [0.29, 0.717) is 64.9 Å². The number of nitrogens with zero attached hydrogens (tertiary/aromatic N) is 10. The molecule has 0 spiro atoms. The number of nitrogens with two attached hydrogens (primary N) is 3. The number of amides is 6. The van der Waals surface area contributed by atoms with Crippen molar-refractivity contribution in [1.29, 1.82) is 0 Å². The number of methoxy groups -OCH3 is 1. The summed E-state index contributed by atoms with van der Waals surface area (Å²) in [6.45, 7) is 14.1. The zero-order valence-corrected chi connectivity index (χ0v) is 80.1. The molecule has 43 nitrogen and oxygen atoms in total. The molecule has 0 saturated carbocycles. The van der Waals surface area contributed by atoms with E-state index in [1.807, 2.05) is 52.2 Å². The number of aromatic nitrogens is 10. The van der Waals surface area contributed by atoms with Gasteiger partial charge in [0.2, 0.25) is 23.6 Å². The van der Waals surface area contributed by atoms with Crippen LogP contribution in [0.2, 0.25) is 0 Å². The Morgan fingerprint density at radius 1 is 0.716 bits per heavy atom. The van der Waals surface area contributed by atoms with Crippen LogP contribution in [0.5, 0.6) is 11.5 Å². The van der Waals surface area contributed by atoms with Crippen molar-refractivity contribution in [3.63, 3.8) is 0 Å². The van der Waals surface area contributed by atoms with Gasteiger partial charge in [0.15, 0.2) is 57.9 Å². The van der Waals surface area contributed by atoms with Crippen molar-refractivity contribution in [2.75, 3.05) is 75.9 Å². The van der Waals surface area contributed by atoms with Crippen LogP contribution in [0.1, 0.15) is 200 Å². The van der Waals surface area contributed by atoms with Crippen LogP contribution in [-0.2, 0) is 54.1 Å². The number of benzene rings is 1. The van der Waals surface area contributed by atoms with Gasteiger partial charge in [-0.3, -0.25) is 43.0 Å². The molecule has 10 heterocycles. The third-order valence-corrected chi connectivity index (χ3v) is 25.0. The Bertz CT molecular complexity index is 4730. The van der Waals surface area contributed by atoms with Crippen LogP contribution in [0.25, 0.3) is 22.3 Å². The van der Waals surface area contributed by atoms with E-state index in [1.165, 1.54) is 140 Å². The minimum absolute atomic E-state index is 0. The molecule has 5 aromatic heterocycles. The number of esters is 1. The summed E-state index contributed by atoms with van der Waals surface area (Å²) in [5.41, 5.74) is 20.2. The lowest BCUT2D eigenvalue weighted by molar-refractivity contribution is -0.153. The smallest absolute Gasteiger partial charge is 1.00 e. The minimum atomic E-state index is -1.37. The number of aromatic amines is 1. The van der Waals surface area contributed by atoms with Crippen molar-refractivity contribution in [2.24, 2.45) is 29.0 Å². The van der Waals surface area contributed by atoms with E-state index < -0.39 is 176 Å². The monoisotopic (exact) mass is 1940 g/mol. The second-order valence-corrected chi connectivity index (χ2v) is 36.6. The summed E-state index contributed by atoms with van der Waals surface area (Å²) in [4.78, 5) is 116. The molecule has 19 atom stereocenters. The Hall–Kier alpha value is -9.37. The molecule has 0 aliphatic carbocycles. The number of imidazole rings is 2. The first kappa shape index (κ1) is 113. The largest absolute Gasteiger partial charge is 1.00 e. The molecule has 1 aromatic carbocycles. The van der Waals surface area contributed by atoms with Crippen LogP contribution in [0.3, 0.4) is 0 Å². The number of aliphatic hydroxyl groups excluding tert-OH is 10. The molecule has 0 radical (unpaired) electrons. The third-order valence-electron chi connectivity index (χ3n) is 22.5. The van der Waals surface area contributed by atoms with Gasteiger partial charge in [0.1, 0.15) is 109 Å². The average molecular weight is 1940 g/mol. The fourth-order valence-electron chi connectivity index (χ4n) is 14.7. The summed E-state index contributed by atoms with van der Waals surface area (Å²) in [5.74, 6) is -2.60. The van der Waals surface area contributed by atoms with Gasteiger partial charge in [-0.05, 0) is 75.6 Å². The predicted molar refractivity (Wildman–Crippen MR) is 498 cm³/mol. The number of nitrogens with one attached hydrogen (secondary N) is 7. The summed E-state index contributed by atoms with van der Waals surface area (Å²) in [6.07, 6.45) is 18.3. The van der Waals surface area contributed by atoms with Crippen LogP contribution in [0.4, 0.5) is 11.6 Å². The van der Waals surface area contributed by atoms with Crippen molar-refractivity contribution in [1.82, 2.24) is 75.8 Å². The Balaban J connectivity index is 0.000000304. The fraction of sp³-hybridized carbons (Fsp3) is 0.636. The number of fused-ring (bicyclic) bond motifs is 9. The Labute approximate surface area is 794 Å². The number of unbranched alkanes of at least 4 members (excludes halogenated alkanes) is 12. The highest BCUT2D eigenvalue weighted by atomic mass is 35.5. The first-order valence-corrected chi connectivity index (χ1v) is 47.5. The lowest BCUT2D eigenvalue weighted by Crippen LogP contribution is -3.00. The predicted octanol–water partition coefficient (Wildman–Crippen LogP) is -0.915. The molecular weight excluding hydrogens is 1800 g/mol. The van der Waals surface area contributed by atoms with Gasteiger partial charge >= 0.3 is 7.40 Å². The van der Waals surface area contributed by atoms with E-state index in [1.54, 1.807) is 69.4 Å². The van der Waals surface area contributed by atoms with E-state index in [9.17, 15) is 79.5 Å². The average Bonchev–Trinajstić information content (AvgIpc) is 1.62. The molecule has 6 aromatic rings. The second-order valence-electron chi connectivity index (χ2n) is 33.9. The maximum absolute atomic E-state index is 13.2. The van der Waals surface area contributed by atoms with Gasteiger partial charge in [0.05, 0.1) is 76.8 Å². The zero-order valence-electron chi connectivity index (χ0n) is 78.7. The van der Waals surface area contributed by atoms with Crippen molar-refractivity contribution in [3.05, 3.63) is 102 Å². The number of allylic oxidation sites excluding steroid dienone is 3. The molecular formula is C88H139ClN20O23S2. The molecule has 4 saturated heterocycles. The number of hydrogen-bond donors (Lipinski definition) is 21. The fourth-order valence-corrected chi connectivity index (χ4v) is 16.9. The quantitative estimate of drug-likeness (QED) is 0.00764. The lowest BCUT2D eigenvalue weighted by atomic mass is 10.0. The minimum Gasteiger partial charge on any atom is -1.00 e. The highest BCUT2D eigenvalue weighted by molar-refractivity contribution is 8.76. The molecule has 6 amide bonds. The topological polar surface area (TPSA) is 658 Å². The molecule has 5 aliphatic heterocycles. The SMILES string of the molecule is C/C=C1\NC(=O)[C@H]2CSSCC/C=C/[C@H](CC(=O)N[C@H](C(C)C)C(=O)N2)OC(=O)[C@H](C(C)C)NC1=O.CC(C)=CCNc1ncnc2c1ncn2[C@@H]1O[C@H](CO)[C@@H](O)[C@H]1O.CCCCCCCCCCCCCCC[C@H](O)[C@@H](N)CO.COc1ccc(C[C@H](N)C(=O)N[C@H]2[C@@H](O)[C@H](n3cnc4c(N(C)C)ncnc43)O[C@@H]2CO)cc1.NC(=O)c1n[nH]c([C@@H]2O[C@H](CO)[C@@H](O)[C@H]2O)c1O.[Cl-].[H+]. The molecule has 24 N–H and O–H groups in total. The van der Waals surface area contributed by atoms with E-state index >= 15 is 0 Å². The van der Waals surface area contributed by atoms with Crippen molar-refractivity contribution in [2.45, 2.75) is 280 Å². The van der Waals surface area contributed by atoms with Gasteiger partial charge in [0, 0.05) is 32.1 Å². The summed E-state index contributed by atoms with van der Waals surface area (Å²) in [7, 11) is 8.20. The number of H-pyrrole nitrogens is 1. The number of ether oxygens (including phenoxy) is 5. The number of aromatic hydroxyl groups is 1. The first-order valence-electron chi connectivity index (χ1n) is 45.0. The van der Waals surface area contributed by atoms with Crippen molar-refractivity contribution >= 4 is 97.0 Å². The molecule has 0 unspecified atom stereocenters. The number of carbonyl (C=O) groups is 7. The molecule has 2 bridgehead atoms. The van der Waals surface area contributed by atoms with Crippen LogP contribution in [0, 0.1) is 11.8 Å². The van der Waals surface area contributed by atoms with E-state index in [2.05, 4.69) is 78.9 Å². The third kappa shape index (κ3) is 33.0. The van der Waals surface area contributed by atoms with Crippen LogP contribution in [0.15, 0.2) is 85.1 Å². The number of halogens is 1. The molecule has 5 aliphatic rings. The van der Waals surface area contributed by atoms with Gasteiger partial charge in [-0.2, -0.15) is 5.10 Å². The summed E-state index contributed by atoms with van der Waals surface area (Å²) < 4.78 is 30.5. The molecule has 134 heavy (non-hydrogen) atoms. The van der Waals surface area contributed by atoms with Crippen LogP contribution >= 0.6 is 21.6 Å². The number of hydrogen-bond acceptors (Lipinski definition) is 36. The number of anilines is 2. The molecule has 11 rings (SSSR count). The molecule has 748 valence electrons. The van der Waals surface area contributed by atoms with E-state index in [4.69, 9.17) is 51.1 Å². The van der Waals surface area contributed by atoms with Crippen molar-refractivity contribution in [3.8, 4) is 11.5 Å². The van der Waals surface area contributed by atoms with Crippen molar-refractivity contribution < 1.29 is 127 Å². The van der Waals surface area contributed by atoms with Gasteiger partial charge in [-0.15, -0.1) is 0 Å². The summed E-state index contributed by atoms with van der Waals surface area (Å²) in [5, 5.41) is 129. The Morgan fingerprint density at radius 3 is 1.84 bits per heavy atom.